The van der Waals surface area contributed by atoms with Gasteiger partial charge in [-0.1, -0.05) is 27.5 Å². The van der Waals surface area contributed by atoms with Gasteiger partial charge in [0.1, 0.15) is 5.69 Å². The summed E-state index contributed by atoms with van der Waals surface area (Å²) in [5, 5.41) is 28.6. The van der Waals surface area contributed by atoms with E-state index in [9.17, 15) is 20.3 Å². The van der Waals surface area contributed by atoms with Crippen LogP contribution in [0, 0.1) is 0 Å². The third-order valence-electron chi connectivity index (χ3n) is 3.65. The molecule has 0 amide bonds. The summed E-state index contributed by atoms with van der Waals surface area (Å²) < 4.78 is 2.24. The molecule has 0 spiro atoms. The first-order valence-electron chi connectivity index (χ1n) is 6.85. The van der Waals surface area contributed by atoms with Crippen molar-refractivity contribution in [2.75, 3.05) is 5.23 Å². The Morgan fingerprint density at radius 2 is 1.96 bits per heavy atom. The zero-order chi connectivity index (χ0) is 17.4. The predicted octanol–water partition coefficient (Wildman–Crippen LogP) is 3.82. The maximum atomic E-state index is 12.8. The average Bonchev–Trinajstić information content (AvgIpc) is 2.92. The molecule has 6 nitrogen and oxygen atoms in total. The summed E-state index contributed by atoms with van der Waals surface area (Å²) in [6, 6.07) is 9.54. The van der Waals surface area contributed by atoms with Gasteiger partial charge in [0.2, 0.25) is 0 Å². The minimum absolute atomic E-state index is 0.0916. The zero-order valence-corrected chi connectivity index (χ0v) is 14.5. The summed E-state index contributed by atoms with van der Waals surface area (Å²) >= 11 is 9.23. The summed E-state index contributed by atoms with van der Waals surface area (Å²) in [5.41, 5.74) is 1.35. The van der Waals surface area contributed by atoms with Gasteiger partial charge in [0.25, 0.3) is 5.91 Å². The van der Waals surface area contributed by atoms with Crippen molar-refractivity contribution in [3.05, 3.63) is 63.2 Å². The second-order valence-electron chi connectivity index (χ2n) is 5.10. The standard InChI is InChI=1S/C16H12BrClN2O4/c17-11-2-4-14-12(6-11)10(8-21)7-19(14)16(22)9-1-3-13(18)15(5-9)20(23)24/h1-7,21,23-24H,8H2. The van der Waals surface area contributed by atoms with Crippen molar-refractivity contribution in [2.45, 2.75) is 6.61 Å². The molecule has 8 heteroatoms. The molecule has 0 unspecified atom stereocenters. The van der Waals surface area contributed by atoms with Gasteiger partial charge >= 0.3 is 0 Å². The number of carbonyl (C=O) groups excluding carboxylic acids is 1. The number of halogens is 2. The van der Waals surface area contributed by atoms with Gasteiger partial charge in [-0.25, -0.2) is 0 Å². The summed E-state index contributed by atoms with van der Waals surface area (Å²) in [5.74, 6) is -0.387. The lowest BCUT2D eigenvalue weighted by Gasteiger charge is -2.12. The van der Waals surface area contributed by atoms with Crippen LogP contribution in [0.2, 0.25) is 5.02 Å². The van der Waals surface area contributed by atoms with Gasteiger partial charge in [0.05, 0.1) is 17.1 Å². The fraction of sp³-hybridized carbons (Fsp3) is 0.0625. The Hall–Kier alpha value is -1.90. The van der Waals surface area contributed by atoms with Crippen molar-refractivity contribution in [3.63, 3.8) is 0 Å². The van der Waals surface area contributed by atoms with E-state index < -0.39 is 0 Å². The topological polar surface area (TPSA) is 85.9 Å². The third kappa shape index (κ3) is 2.92. The van der Waals surface area contributed by atoms with E-state index in [0.29, 0.717) is 11.1 Å². The average molecular weight is 412 g/mol. The van der Waals surface area contributed by atoms with E-state index >= 15 is 0 Å². The maximum absolute atomic E-state index is 12.8. The highest BCUT2D eigenvalue weighted by Gasteiger charge is 2.17. The first-order chi connectivity index (χ1) is 11.4. The fourth-order valence-electron chi connectivity index (χ4n) is 2.50. The SMILES string of the molecule is O=C(c1ccc(Cl)c(N(O)O)c1)n1cc(CO)c2cc(Br)ccc21. The molecule has 3 rings (SSSR count). The van der Waals surface area contributed by atoms with Gasteiger partial charge in [0, 0.05) is 27.2 Å². The smallest absolute Gasteiger partial charge is 0.262 e. The highest BCUT2D eigenvalue weighted by molar-refractivity contribution is 9.10. The zero-order valence-electron chi connectivity index (χ0n) is 12.1. The van der Waals surface area contributed by atoms with Crippen LogP contribution in [0.3, 0.4) is 0 Å². The molecule has 2 aromatic carbocycles. The number of rotatable bonds is 3. The summed E-state index contributed by atoms with van der Waals surface area (Å²) in [6.07, 6.45) is 1.56. The number of fused-ring (bicyclic) bond motifs is 1. The number of aliphatic hydroxyl groups excluding tert-OH is 1. The highest BCUT2D eigenvalue weighted by atomic mass is 79.9. The molecule has 0 radical (unpaired) electrons. The molecular weight excluding hydrogens is 400 g/mol. The molecule has 124 valence electrons. The van der Waals surface area contributed by atoms with Crippen molar-refractivity contribution in [2.24, 2.45) is 0 Å². The van der Waals surface area contributed by atoms with Gasteiger partial charge < -0.3 is 5.11 Å². The lowest BCUT2D eigenvalue weighted by atomic mass is 10.1. The Balaban J connectivity index is 2.14. The second-order valence-corrected chi connectivity index (χ2v) is 6.43. The third-order valence-corrected chi connectivity index (χ3v) is 4.46. The van der Waals surface area contributed by atoms with Crippen molar-refractivity contribution in [1.29, 1.82) is 0 Å². The van der Waals surface area contributed by atoms with E-state index in [-0.39, 0.29) is 34.0 Å². The number of aliphatic hydroxyl groups is 1. The Kier molecular flexibility index (Phi) is 4.62. The van der Waals surface area contributed by atoms with E-state index in [1.165, 1.54) is 22.8 Å². The molecular formula is C16H12BrClN2O4. The first-order valence-corrected chi connectivity index (χ1v) is 8.02. The molecule has 24 heavy (non-hydrogen) atoms. The van der Waals surface area contributed by atoms with E-state index in [4.69, 9.17) is 11.6 Å². The van der Waals surface area contributed by atoms with E-state index in [1.807, 2.05) is 6.07 Å². The van der Waals surface area contributed by atoms with E-state index in [2.05, 4.69) is 15.9 Å². The first kappa shape index (κ1) is 16.9. The summed E-state index contributed by atoms with van der Waals surface area (Å²) in [7, 11) is 0. The van der Waals surface area contributed by atoms with Crippen LogP contribution < -0.4 is 5.23 Å². The van der Waals surface area contributed by atoms with Gasteiger partial charge in [-0.05, 0) is 36.4 Å². The van der Waals surface area contributed by atoms with Gasteiger partial charge in [-0.3, -0.25) is 19.8 Å². The van der Waals surface area contributed by atoms with Crippen LogP contribution in [0.5, 0.6) is 0 Å². The molecule has 0 bridgehead atoms. The number of hydrogen-bond acceptors (Lipinski definition) is 5. The normalized spacial score (nSPS) is 11.0. The Morgan fingerprint density at radius 1 is 1.21 bits per heavy atom. The van der Waals surface area contributed by atoms with Gasteiger partial charge in [-0.2, -0.15) is 0 Å². The number of nitrogens with zero attached hydrogens (tertiary/aromatic N) is 2. The summed E-state index contributed by atoms with van der Waals surface area (Å²) in [6.45, 7) is -0.208. The minimum Gasteiger partial charge on any atom is -0.392 e. The Bertz CT molecular complexity index is 939. The lowest BCUT2D eigenvalue weighted by molar-refractivity contribution is 0.0292. The number of aromatic nitrogens is 1. The van der Waals surface area contributed by atoms with Crippen LogP contribution in [-0.2, 0) is 6.61 Å². The second kappa shape index (κ2) is 6.54. The molecule has 0 saturated heterocycles. The molecule has 0 saturated carbocycles. The van der Waals surface area contributed by atoms with Crippen LogP contribution in [0.25, 0.3) is 10.9 Å². The molecule has 0 atom stereocenters. The number of benzene rings is 2. The van der Waals surface area contributed by atoms with Crippen LogP contribution in [0.1, 0.15) is 15.9 Å². The largest absolute Gasteiger partial charge is 0.392 e. The van der Waals surface area contributed by atoms with Crippen LogP contribution >= 0.6 is 27.5 Å². The number of carbonyl (C=O) groups is 1. The monoisotopic (exact) mass is 410 g/mol. The maximum Gasteiger partial charge on any atom is 0.262 e. The minimum atomic E-state index is -0.387. The van der Waals surface area contributed by atoms with Crippen LogP contribution in [0.15, 0.2) is 47.1 Å². The van der Waals surface area contributed by atoms with Crippen LogP contribution in [0.4, 0.5) is 5.69 Å². The van der Waals surface area contributed by atoms with E-state index in [0.717, 1.165) is 9.86 Å². The molecule has 3 aromatic rings. The van der Waals surface area contributed by atoms with Crippen molar-refractivity contribution in [3.8, 4) is 0 Å². The van der Waals surface area contributed by atoms with Gasteiger partial charge in [-0.15, -0.1) is 5.23 Å². The molecule has 0 aliphatic heterocycles. The predicted molar refractivity (Wildman–Crippen MR) is 92.8 cm³/mol. The van der Waals surface area contributed by atoms with Crippen molar-refractivity contribution >= 4 is 50.0 Å². The molecule has 1 aromatic heterocycles. The molecule has 3 N–H and O–H groups in total. The molecule has 0 aliphatic carbocycles. The molecule has 0 aliphatic rings. The number of anilines is 1. The van der Waals surface area contributed by atoms with Crippen molar-refractivity contribution in [1.82, 2.24) is 4.57 Å². The Labute approximate surface area is 150 Å². The number of hydrogen-bond donors (Lipinski definition) is 3. The fourth-order valence-corrected chi connectivity index (χ4v) is 3.06. The quantitative estimate of drug-likeness (QED) is 0.570. The Morgan fingerprint density at radius 3 is 2.62 bits per heavy atom. The van der Waals surface area contributed by atoms with E-state index in [1.54, 1.807) is 18.3 Å². The lowest BCUT2D eigenvalue weighted by Crippen LogP contribution is -2.15. The highest BCUT2D eigenvalue weighted by Crippen LogP contribution is 2.28. The molecule has 0 fully saturated rings. The van der Waals surface area contributed by atoms with Crippen LogP contribution in [-0.4, -0.2) is 26.0 Å². The summed E-state index contributed by atoms with van der Waals surface area (Å²) in [4.78, 5) is 12.8. The van der Waals surface area contributed by atoms with Crippen molar-refractivity contribution < 1.29 is 20.3 Å². The van der Waals surface area contributed by atoms with Gasteiger partial charge in [0.15, 0.2) is 0 Å². The molecule has 1 heterocycles.